The van der Waals surface area contributed by atoms with Gasteiger partial charge in [0.25, 0.3) is 0 Å². The van der Waals surface area contributed by atoms with Gasteiger partial charge in [0.2, 0.25) is 0 Å². The van der Waals surface area contributed by atoms with Crippen LogP contribution in [0.25, 0.3) is 0 Å². The summed E-state index contributed by atoms with van der Waals surface area (Å²) in [6.07, 6.45) is 1.19. The molecule has 0 bridgehead atoms. The normalized spacial score (nSPS) is 20.2. The molecule has 0 saturated carbocycles. The van der Waals surface area contributed by atoms with Crippen molar-refractivity contribution >= 4 is 0 Å². The van der Waals surface area contributed by atoms with E-state index in [1.165, 1.54) is 28.7 Å². The van der Waals surface area contributed by atoms with Crippen LogP contribution in [-0.2, 0) is 6.42 Å². The standard InChI is InChI=1S/C14H21N/c1-8-9(2)11(4)14-12(5)15-7-6-13(14)10(8)3/h12,15H,6-7H2,1-5H3/t12-/m0/s1. The minimum absolute atomic E-state index is 0.520. The molecule has 1 atom stereocenters. The van der Waals surface area contributed by atoms with Gasteiger partial charge < -0.3 is 5.32 Å². The molecule has 0 spiro atoms. The Kier molecular flexibility index (Phi) is 2.59. The molecule has 0 saturated heterocycles. The van der Waals surface area contributed by atoms with Gasteiger partial charge in [-0.05, 0) is 81.0 Å². The van der Waals surface area contributed by atoms with E-state index in [1.54, 1.807) is 11.1 Å². The van der Waals surface area contributed by atoms with Crippen molar-refractivity contribution in [3.63, 3.8) is 0 Å². The lowest BCUT2D eigenvalue weighted by Gasteiger charge is -2.30. The van der Waals surface area contributed by atoms with Crippen LogP contribution in [0, 0.1) is 27.7 Å². The van der Waals surface area contributed by atoms with Crippen LogP contribution in [0.5, 0.6) is 0 Å². The summed E-state index contributed by atoms with van der Waals surface area (Å²) in [6.45, 7) is 12.4. The fourth-order valence-electron chi connectivity index (χ4n) is 2.84. The first-order chi connectivity index (χ1) is 7.04. The minimum atomic E-state index is 0.520. The van der Waals surface area contributed by atoms with Crippen LogP contribution in [0.2, 0.25) is 0 Å². The summed E-state index contributed by atoms with van der Waals surface area (Å²) in [5.74, 6) is 0. The van der Waals surface area contributed by atoms with E-state index in [9.17, 15) is 0 Å². The van der Waals surface area contributed by atoms with Gasteiger partial charge in [-0.2, -0.15) is 0 Å². The van der Waals surface area contributed by atoms with E-state index in [1.807, 2.05) is 0 Å². The lowest BCUT2D eigenvalue weighted by atomic mass is 9.83. The van der Waals surface area contributed by atoms with Crippen LogP contribution in [0.1, 0.15) is 46.3 Å². The fourth-order valence-corrected chi connectivity index (χ4v) is 2.84. The minimum Gasteiger partial charge on any atom is -0.310 e. The van der Waals surface area contributed by atoms with Gasteiger partial charge in [0.15, 0.2) is 0 Å². The lowest BCUT2D eigenvalue weighted by Crippen LogP contribution is -2.29. The van der Waals surface area contributed by atoms with Crippen LogP contribution in [0.4, 0.5) is 0 Å². The first-order valence-electron chi connectivity index (χ1n) is 5.86. The molecule has 15 heavy (non-hydrogen) atoms. The van der Waals surface area contributed by atoms with Gasteiger partial charge in [-0.3, -0.25) is 0 Å². The van der Waals surface area contributed by atoms with E-state index >= 15 is 0 Å². The maximum absolute atomic E-state index is 3.55. The van der Waals surface area contributed by atoms with E-state index in [-0.39, 0.29) is 0 Å². The Bertz CT molecular complexity index is 405. The average Bonchev–Trinajstić information content (AvgIpc) is 2.23. The summed E-state index contributed by atoms with van der Waals surface area (Å²) >= 11 is 0. The number of hydrogen-bond donors (Lipinski definition) is 1. The zero-order chi connectivity index (χ0) is 11.2. The quantitative estimate of drug-likeness (QED) is 0.683. The van der Waals surface area contributed by atoms with Crippen molar-refractivity contribution in [1.29, 1.82) is 0 Å². The second-order valence-electron chi connectivity index (χ2n) is 4.82. The highest BCUT2D eigenvalue weighted by molar-refractivity contribution is 5.52. The van der Waals surface area contributed by atoms with Gasteiger partial charge in [0.05, 0.1) is 0 Å². The molecule has 1 aromatic rings. The third-order valence-electron chi connectivity index (χ3n) is 4.13. The second-order valence-corrected chi connectivity index (χ2v) is 4.82. The van der Waals surface area contributed by atoms with Gasteiger partial charge in [0.1, 0.15) is 0 Å². The number of benzene rings is 1. The molecule has 1 aliphatic rings. The van der Waals surface area contributed by atoms with Crippen molar-refractivity contribution in [2.45, 2.75) is 47.1 Å². The Hall–Kier alpha value is -0.820. The molecule has 82 valence electrons. The van der Waals surface area contributed by atoms with Crippen LogP contribution in [-0.4, -0.2) is 6.54 Å². The van der Waals surface area contributed by atoms with Crippen molar-refractivity contribution in [3.8, 4) is 0 Å². The smallest absolute Gasteiger partial charge is 0.0297 e. The zero-order valence-electron chi connectivity index (χ0n) is 10.5. The fraction of sp³-hybridized carbons (Fsp3) is 0.571. The van der Waals surface area contributed by atoms with E-state index in [0.29, 0.717) is 6.04 Å². The summed E-state index contributed by atoms with van der Waals surface area (Å²) in [7, 11) is 0. The molecule has 0 aliphatic carbocycles. The maximum Gasteiger partial charge on any atom is 0.0297 e. The summed E-state index contributed by atoms with van der Waals surface area (Å²) < 4.78 is 0. The SMILES string of the molecule is Cc1c(C)c(C)c2c(c1C)CCN[C@H]2C. The Morgan fingerprint density at radius 3 is 2.20 bits per heavy atom. The molecular weight excluding hydrogens is 182 g/mol. The van der Waals surface area contributed by atoms with Crippen LogP contribution in [0.3, 0.4) is 0 Å². The molecule has 1 N–H and O–H groups in total. The molecule has 1 nitrogen and oxygen atoms in total. The molecule has 2 rings (SSSR count). The molecule has 1 heterocycles. The van der Waals surface area contributed by atoms with Crippen molar-refractivity contribution in [3.05, 3.63) is 33.4 Å². The first-order valence-corrected chi connectivity index (χ1v) is 5.86. The van der Waals surface area contributed by atoms with Gasteiger partial charge in [-0.25, -0.2) is 0 Å². The molecule has 0 fully saturated rings. The van der Waals surface area contributed by atoms with Crippen LogP contribution in [0.15, 0.2) is 0 Å². The summed E-state index contributed by atoms with van der Waals surface area (Å²) in [5, 5.41) is 3.55. The number of rotatable bonds is 0. The summed E-state index contributed by atoms with van der Waals surface area (Å²) in [6, 6.07) is 0.520. The molecule has 1 aromatic carbocycles. The highest BCUT2D eigenvalue weighted by atomic mass is 14.9. The summed E-state index contributed by atoms with van der Waals surface area (Å²) in [5.41, 5.74) is 9.13. The molecule has 0 amide bonds. The Labute approximate surface area is 92.9 Å². The van der Waals surface area contributed by atoms with Crippen molar-refractivity contribution in [1.82, 2.24) is 5.32 Å². The predicted molar refractivity (Wildman–Crippen MR) is 65.5 cm³/mol. The second kappa shape index (κ2) is 3.64. The molecule has 0 unspecified atom stereocenters. The zero-order valence-corrected chi connectivity index (χ0v) is 10.5. The molecule has 1 heteroatoms. The monoisotopic (exact) mass is 203 g/mol. The van der Waals surface area contributed by atoms with Gasteiger partial charge >= 0.3 is 0 Å². The van der Waals surface area contributed by atoms with E-state index < -0.39 is 0 Å². The van der Waals surface area contributed by atoms with Crippen molar-refractivity contribution in [2.75, 3.05) is 6.54 Å². The van der Waals surface area contributed by atoms with E-state index in [0.717, 1.165) is 6.54 Å². The van der Waals surface area contributed by atoms with E-state index in [2.05, 4.69) is 39.9 Å². The average molecular weight is 203 g/mol. The Morgan fingerprint density at radius 2 is 1.53 bits per heavy atom. The van der Waals surface area contributed by atoms with Crippen LogP contribution >= 0.6 is 0 Å². The number of nitrogens with one attached hydrogen (secondary N) is 1. The van der Waals surface area contributed by atoms with Crippen LogP contribution < -0.4 is 5.32 Å². The third kappa shape index (κ3) is 1.50. The van der Waals surface area contributed by atoms with Gasteiger partial charge in [-0.15, -0.1) is 0 Å². The predicted octanol–water partition coefficient (Wildman–Crippen LogP) is 3.13. The van der Waals surface area contributed by atoms with Crippen molar-refractivity contribution in [2.24, 2.45) is 0 Å². The largest absolute Gasteiger partial charge is 0.310 e. The van der Waals surface area contributed by atoms with Crippen molar-refractivity contribution < 1.29 is 0 Å². The molecule has 1 aliphatic heterocycles. The lowest BCUT2D eigenvalue weighted by molar-refractivity contribution is 0.535. The molecule has 0 radical (unpaired) electrons. The Morgan fingerprint density at radius 1 is 0.933 bits per heavy atom. The number of hydrogen-bond acceptors (Lipinski definition) is 1. The maximum atomic E-state index is 3.55. The summed E-state index contributed by atoms with van der Waals surface area (Å²) in [4.78, 5) is 0. The topological polar surface area (TPSA) is 12.0 Å². The number of fused-ring (bicyclic) bond motifs is 1. The van der Waals surface area contributed by atoms with E-state index in [4.69, 9.17) is 0 Å². The highest BCUT2D eigenvalue weighted by Crippen LogP contribution is 2.33. The van der Waals surface area contributed by atoms with Gasteiger partial charge in [0, 0.05) is 6.04 Å². The first kappa shape index (κ1) is 10.7. The highest BCUT2D eigenvalue weighted by Gasteiger charge is 2.22. The molecular formula is C14H21N. The third-order valence-corrected chi connectivity index (χ3v) is 4.13. The Balaban J connectivity index is 2.74. The molecule has 0 aromatic heterocycles. The van der Waals surface area contributed by atoms with Gasteiger partial charge in [-0.1, -0.05) is 0 Å².